The average Bonchev–Trinajstić information content (AvgIpc) is 2.76. The van der Waals surface area contributed by atoms with Gasteiger partial charge < -0.3 is 25.3 Å². The van der Waals surface area contributed by atoms with Gasteiger partial charge in [-0.05, 0) is 68.5 Å². The second-order valence-corrected chi connectivity index (χ2v) is 8.33. The smallest absolute Gasteiger partial charge is 0.312 e. The fourth-order valence-electron chi connectivity index (χ4n) is 4.10. The minimum atomic E-state index is -0.923. The maximum atomic E-state index is 12.9. The van der Waals surface area contributed by atoms with E-state index in [4.69, 9.17) is 21.1 Å². The van der Waals surface area contributed by atoms with E-state index in [9.17, 15) is 9.90 Å². The number of hydrogen-bond acceptors (Lipinski definition) is 7. The van der Waals surface area contributed by atoms with Crippen LogP contribution in [0.3, 0.4) is 0 Å². The third-order valence-electron chi connectivity index (χ3n) is 6.08. The summed E-state index contributed by atoms with van der Waals surface area (Å²) in [6, 6.07) is 7.75. The standard InChI is InChI=1S/C24H35N3O4/c1-8-27(26)22-19(30-6)12-18(15(3)21(22)25)20(24(4,5)23(29)31-7)16-10-9-14(2)17(11-16)13-28/h9-12,20,28H,8,13,25-26H2,1-7H3. The molecule has 5 N–H and O–H groups in total. The molecule has 31 heavy (non-hydrogen) atoms. The second-order valence-electron chi connectivity index (χ2n) is 8.33. The first kappa shape index (κ1) is 24.5. The van der Waals surface area contributed by atoms with Crippen molar-refractivity contribution in [3.05, 3.63) is 52.1 Å². The van der Waals surface area contributed by atoms with Crippen LogP contribution in [0.5, 0.6) is 5.75 Å². The van der Waals surface area contributed by atoms with Gasteiger partial charge in [-0.2, -0.15) is 0 Å². The van der Waals surface area contributed by atoms with E-state index in [1.165, 1.54) is 7.11 Å². The highest BCUT2D eigenvalue weighted by atomic mass is 16.5. The molecule has 7 nitrogen and oxygen atoms in total. The Bertz CT molecular complexity index is 956. The van der Waals surface area contributed by atoms with Gasteiger partial charge in [0.1, 0.15) is 11.4 Å². The summed E-state index contributed by atoms with van der Waals surface area (Å²) in [5.74, 6) is 5.94. The number of nitrogens with two attached hydrogens (primary N) is 2. The molecule has 0 aliphatic rings. The van der Waals surface area contributed by atoms with Gasteiger partial charge in [-0.1, -0.05) is 18.2 Å². The first-order valence-electron chi connectivity index (χ1n) is 10.3. The molecule has 0 fully saturated rings. The number of aliphatic hydroxyl groups excluding tert-OH is 1. The van der Waals surface area contributed by atoms with Crippen LogP contribution in [-0.4, -0.2) is 31.8 Å². The number of hydrogen-bond donors (Lipinski definition) is 3. The molecule has 7 heteroatoms. The Labute approximate surface area is 184 Å². The lowest BCUT2D eigenvalue weighted by Crippen LogP contribution is -2.35. The van der Waals surface area contributed by atoms with Gasteiger partial charge in [0.25, 0.3) is 0 Å². The number of anilines is 2. The largest absolute Gasteiger partial charge is 0.494 e. The Morgan fingerprint density at radius 1 is 1.23 bits per heavy atom. The molecule has 2 rings (SSSR count). The van der Waals surface area contributed by atoms with Crippen LogP contribution in [0.2, 0.25) is 0 Å². The molecule has 0 heterocycles. The molecular formula is C24H35N3O4. The summed E-state index contributed by atoms with van der Waals surface area (Å²) in [5, 5.41) is 11.4. The van der Waals surface area contributed by atoms with Crippen molar-refractivity contribution in [2.24, 2.45) is 11.3 Å². The first-order chi connectivity index (χ1) is 14.5. The summed E-state index contributed by atoms with van der Waals surface area (Å²) >= 11 is 0. The Morgan fingerprint density at radius 2 is 1.87 bits per heavy atom. The van der Waals surface area contributed by atoms with Gasteiger partial charge in [-0.25, -0.2) is 5.84 Å². The van der Waals surface area contributed by atoms with Crippen LogP contribution < -0.4 is 21.3 Å². The fourth-order valence-corrected chi connectivity index (χ4v) is 4.10. The van der Waals surface area contributed by atoms with Crippen molar-refractivity contribution < 1.29 is 19.4 Å². The van der Waals surface area contributed by atoms with Gasteiger partial charge in [-0.15, -0.1) is 0 Å². The fraction of sp³-hybridized carbons (Fsp3) is 0.458. The molecule has 0 aliphatic carbocycles. The second kappa shape index (κ2) is 9.58. The van der Waals surface area contributed by atoms with Gasteiger partial charge in [0.2, 0.25) is 0 Å². The zero-order chi connectivity index (χ0) is 23.5. The van der Waals surface area contributed by atoms with Gasteiger partial charge in [0.05, 0.1) is 31.9 Å². The molecule has 1 unspecified atom stereocenters. The third kappa shape index (κ3) is 4.48. The molecule has 0 aliphatic heterocycles. The number of methoxy groups -OCH3 is 2. The number of carbonyl (C=O) groups is 1. The number of aryl methyl sites for hydroxylation is 1. The van der Waals surface area contributed by atoms with Crippen LogP contribution in [0.25, 0.3) is 0 Å². The van der Waals surface area contributed by atoms with E-state index in [2.05, 4.69) is 0 Å². The van der Waals surface area contributed by atoms with Crippen molar-refractivity contribution in [1.29, 1.82) is 0 Å². The molecule has 2 aromatic carbocycles. The van der Waals surface area contributed by atoms with Crippen molar-refractivity contribution in [2.75, 3.05) is 31.5 Å². The predicted octanol–water partition coefficient (Wildman–Crippen LogP) is 3.42. The lowest BCUT2D eigenvalue weighted by molar-refractivity contribution is -0.151. The molecule has 0 spiro atoms. The molecule has 0 saturated heterocycles. The Kier molecular flexibility index (Phi) is 7.57. The van der Waals surface area contributed by atoms with Gasteiger partial charge in [0, 0.05) is 12.5 Å². The Hall–Kier alpha value is -2.77. The number of rotatable bonds is 8. The van der Waals surface area contributed by atoms with Crippen molar-refractivity contribution >= 4 is 17.3 Å². The summed E-state index contributed by atoms with van der Waals surface area (Å²) < 4.78 is 10.8. The molecule has 2 aromatic rings. The third-order valence-corrected chi connectivity index (χ3v) is 6.08. The quantitative estimate of drug-likeness (QED) is 0.255. The summed E-state index contributed by atoms with van der Waals surface area (Å²) in [4.78, 5) is 12.9. The number of aliphatic hydroxyl groups is 1. The van der Waals surface area contributed by atoms with E-state index in [1.807, 2.05) is 58.9 Å². The topological polar surface area (TPSA) is 111 Å². The summed E-state index contributed by atoms with van der Waals surface area (Å²) in [5.41, 5.74) is 11.0. The monoisotopic (exact) mass is 429 g/mol. The molecule has 0 radical (unpaired) electrons. The van der Waals surface area contributed by atoms with Crippen LogP contribution in [0.4, 0.5) is 11.4 Å². The number of carbonyl (C=O) groups excluding carboxylic acids is 1. The minimum absolute atomic E-state index is 0.0902. The molecule has 170 valence electrons. The Balaban J connectivity index is 2.88. The zero-order valence-corrected chi connectivity index (χ0v) is 19.6. The number of esters is 1. The number of hydrazine groups is 1. The van der Waals surface area contributed by atoms with Crippen molar-refractivity contribution in [2.45, 2.75) is 47.1 Å². The Morgan fingerprint density at radius 3 is 2.39 bits per heavy atom. The van der Waals surface area contributed by atoms with Crippen LogP contribution in [-0.2, 0) is 16.1 Å². The normalized spacial score (nSPS) is 12.4. The SMILES string of the molecule is CCN(N)c1c(OC)cc(C(c2ccc(C)c(CO)c2)C(C)(C)C(=O)OC)c(C)c1N. The van der Waals surface area contributed by atoms with Gasteiger partial charge in [-0.3, -0.25) is 4.79 Å². The van der Waals surface area contributed by atoms with Crippen molar-refractivity contribution in [3.8, 4) is 5.75 Å². The first-order valence-corrected chi connectivity index (χ1v) is 10.3. The predicted molar refractivity (Wildman–Crippen MR) is 124 cm³/mol. The highest BCUT2D eigenvalue weighted by Crippen LogP contribution is 2.48. The van der Waals surface area contributed by atoms with E-state index in [0.717, 1.165) is 27.8 Å². The minimum Gasteiger partial charge on any atom is -0.494 e. The number of ether oxygens (including phenoxy) is 2. The van der Waals surface area contributed by atoms with E-state index >= 15 is 0 Å². The van der Waals surface area contributed by atoms with E-state index < -0.39 is 11.3 Å². The lowest BCUT2D eigenvalue weighted by Gasteiger charge is -2.35. The van der Waals surface area contributed by atoms with Crippen LogP contribution >= 0.6 is 0 Å². The van der Waals surface area contributed by atoms with Gasteiger partial charge >= 0.3 is 5.97 Å². The molecule has 1 atom stereocenters. The van der Waals surface area contributed by atoms with Crippen molar-refractivity contribution in [1.82, 2.24) is 0 Å². The van der Waals surface area contributed by atoms with Crippen LogP contribution in [0.1, 0.15) is 54.5 Å². The molecular weight excluding hydrogens is 394 g/mol. The van der Waals surface area contributed by atoms with E-state index in [0.29, 0.717) is 23.7 Å². The number of benzene rings is 2. The summed E-state index contributed by atoms with van der Waals surface area (Å²) in [6.45, 7) is 9.93. The number of nitrogens with zero attached hydrogens (tertiary/aromatic N) is 1. The zero-order valence-electron chi connectivity index (χ0n) is 19.6. The van der Waals surface area contributed by atoms with Crippen LogP contribution in [0, 0.1) is 19.3 Å². The number of nitrogen functional groups attached to an aromatic ring is 1. The molecule has 0 amide bonds. The maximum Gasteiger partial charge on any atom is 0.312 e. The molecule has 0 aromatic heterocycles. The molecule has 0 bridgehead atoms. The highest BCUT2D eigenvalue weighted by molar-refractivity contribution is 5.82. The van der Waals surface area contributed by atoms with Crippen molar-refractivity contribution in [3.63, 3.8) is 0 Å². The highest BCUT2D eigenvalue weighted by Gasteiger charge is 2.41. The lowest BCUT2D eigenvalue weighted by atomic mass is 9.69. The molecule has 0 saturated carbocycles. The summed E-state index contributed by atoms with van der Waals surface area (Å²) in [6.07, 6.45) is 0. The van der Waals surface area contributed by atoms with Crippen LogP contribution in [0.15, 0.2) is 24.3 Å². The van der Waals surface area contributed by atoms with E-state index in [-0.39, 0.29) is 12.6 Å². The van der Waals surface area contributed by atoms with Gasteiger partial charge in [0.15, 0.2) is 0 Å². The van der Waals surface area contributed by atoms with E-state index in [1.54, 1.807) is 12.1 Å². The summed E-state index contributed by atoms with van der Waals surface area (Å²) in [7, 11) is 2.95. The average molecular weight is 430 g/mol. The maximum absolute atomic E-state index is 12.9.